The van der Waals surface area contributed by atoms with E-state index in [0.29, 0.717) is 52.1 Å². The summed E-state index contributed by atoms with van der Waals surface area (Å²) in [5.41, 5.74) is 12.6. The number of benzene rings is 2. The number of nitrogen functional groups attached to an aromatic ring is 1. The molecular formula is C30H31FN6O3. The van der Waals surface area contributed by atoms with Crippen LogP contribution >= 0.6 is 0 Å². The average molecular weight is 543 g/mol. The molecule has 0 atom stereocenters. The first-order valence-corrected chi connectivity index (χ1v) is 12.9. The van der Waals surface area contributed by atoms with Gasteiger partial charge in [-0.1, -0.05) is 24.8 Å². The number of amides is 2. The minimum atomic E-state index is -0.861. The zero-order valence-electron chi connectivity index (χ0n) is 22.6. The quantitative estimate of drug-likeness (QED) is 0.276. The highest BCUT2D eigenvalue weighted by atomic mass is 19.1. The summed E-state index contributed by atoms with van der Waals surface area (Å²) in [5, 5.41) is 6.42. The molecule has 0 radical (unpaired) electrons. The summed E-state index contributed by atoms with van der Waals surface area (Å²) in [6.45, 7) is 5.53. The third kappa shape index (κ3) is 5.05. The predicted molar refractivity (Wildman–Crippen MR) is 153 cm³/mol. The lowest BCUT2D eigenvalue weighted by Crippen LogP contribution is -2.45. The second kappa shape index (κ2) is 10.9. The number of anilines is 2. The molecule has 0 bridgehead atoms. The maximum absolute atomic E-state index is 13.3. The van der Waals surface area contributed by atoms with Gasteiger partial charge in [-0.05, 0) is 60.7 Å². The van der Waals surface area contributed by atoms with Crippen LogP contribution < -0.4 is 16.4 Å². The van der Waals surface area contributed by atoms with Gasteiger partial charge in [0.1, 0.15) is 24.0 Å². The smallest absolute Gasteiger partial charge is 0.251 e. The van der Waals surface area contributed by atoms with E-state index in [2.05, 4.69) is 27.2 Å². The summed E-state index contributed by atoms with van der Waals surface area (Å²) < 4.78 is 20.7. The van der Waals surface area contributed by atoms with E-state index in [1.54, 1.807) is 20.1 Å². The number of nitrogens with two attached hydrogens (primary N) is 1. The Kier molecular flexibility index (Phi) is 7.36. The van der Waals surface area contributed by atoms with Crippen molar-refractivity contribution in [2.75, 3.05) is 18.2 Å². The van der Waals surface area contributed by atoms with E-state index in [1.807, 2.05) is 48.0 Å². The van der Waals surface area contributed by atoms with E-state index in [1.165, 1.54) is 6.33 Å². The van der Waals surface area contributed by atoms with Crippen molar-refractivity contribution < 1.29 is 18.7 Å². The van der Waals surface area contributed by atoms with Crippen LogP contribution in [0.1, 0.15) is 35.7 Å². The minimum Gasteiger partial charge on any atom is -0.383 e. The van der Waals surface area contributed by atoms with Crippen LogP contribution in [0.15, 0.2) is 60.9 Å². The monoisotopic (exact) mass is 542 g/mol. The zero-order valence-corrected chi connectivity index (χ0v) is 22.6. The molecule has 0 spiro atoms. The summed E-state index contributed by atoms with van der Waals surface area (Å²) in [6, 6.07) is 12.8. The Morgan fingerprint density at radius 1 is 1.15 bits per heavy atom. The second-order valence-electron chi connectivity index (χ2n) is 10.1. The fraction of sp³-hybridized carbons (Fsp3) is 0.267. The summed E-state index contributed by atoms with van der Waals surface area (Å²) in [7, 11) is 3.47. The molecular weight excluding hydrogens is 511 g/mol. The van der Waals surface area contributed by atoms with Crippen LogP contribution in [0.3, 0.4) is 0 Å². The van der Waals surface area contributed by atoms with Gasteiger partial charge in [-0.15, -0.1) is 0 Å². The van der Waals surface area contributed by atoms with E-state index < -0.39 is 6.17 Å². The Hall–Kier alpha value is -4.57. The van der Waals surface area contributed by atoms with Gasteiger partial charge in [0.15, 0.2) is 0 Å². The van der Waals surface area contributed by atoms with E-state index in [0.717, 1.165) is 22.4 Å². The van der Waals surface area contributed by atoms with Gasteiger partial charge in [0.25, 0.3) is 11.8 Å². The molecule has 1 aliphatic carbocycles. The van der Waals surface area contributed by atoms with Crippen molar-refractivity contribution in [3.63, 3.8) is 0 Å². The molecule has 2 heterocycles. The van der Waals surface area contributed by atoms with Gasteiger partial charge < -0.3 is 25.7 Å². The number of rotatable bonds is 8. The van der Waals surface area contributed by atoms with Gasteiger partial charge in [-0.3, -0.25) is 9.59 Å². The van der Waals surface area contributed by atoms with Crippen LogP contribution in [0, 0.1) is 0 Å². The number of fused-ring (bicyclic) bond motifs is 1. The SMILES string of the molecule is C=C(C)C(=O)Nc1ccc(-c2c(-c3ccc(C(=O)N[C@H]4C[C@@H](F)C4)c(COC)c3)c3c(N)ncnc3n2C)cc1. The average Bonchev–Trinajstić information content (AvgIpc) is 3.21. The standard InChI is InChI=1S/C30H31FN6O3/c1-16(2)29(38)35-21-8-5-17(6-9-21)26-24(25-27(32)33-15-34-28(25)37(26)3)18-7-10-23(19(11-18)14-40-4)30(39)36-22-12-20(31)13-22/h5-11,15,20,22H,1,12-14H2,2-4H3,(H,35,38)(H,36,39)(H2,32,33,34)/t20-,22+. The number of hydrogen-bond donors (Lipinski definition) is 3. The Balaban J connectivity index is 1.61. The molecule has 1 fully saturated rings. The molecule has 5 rings (SSSR count). The fourth-order valence-electron chi connectivity index (χ4n) is 5.02. The van der Waals surface area contributed by atoms with Crippen molar-refractivity contribution in [1.29, 1.82) is 0 Å². The van der Waals surface area contributed by atoms with Crippen molar-refractivity contribution >= 4 is 34.4 Å². The van der Waals surface area contributed by atoms with Crippen LogP contribution in [-0.2, 0) is 23.2 Å². The first-order chi connectivity index (χ1) is 19.2. The number of halogens is 1. The molecule has 1 saturated carbocycles. The van der Waals surface area contributed by atoms with Crippen molar-refractivity contribution in [1.82, 2.24) is 19.9 Å². The number of nitrogens with one attached hydrogen (secondary N) is 2. The van der Waals surface area contributed by atoms with Crippen LogP contribution in [0.2, 0.25) is 0 Å². The summed E-state index contributed by atoms with van der Waals surface area (Å²) in [4.78, 5) is 33.8. The molecule has 40 heavy (non-hydrogen) atoms. The second-order valence-corrected chi connectivity index (χ2v) is 10.1. The first-order valence-electron chi connectivity index (χ1n) is 12.9. The van der Waals surface area contributed by atoms with Gasteiger partial charge in [0.2, 0.25) is 0 Å². The predicted octanol–water partition coefficient (Wildman–Crippen LogP) is 4.78. The lowest BCUT2D eigenvalue weighted by Gasteiger charge is -2.30. The molecule has 9 nitrogen and oxygen atoms in total. The van der Waals surface area contributed by atoms with E-state index in [4.69, 9.17) is 10.5 Å². The third-order valence-electron chi connectivity index (χ3n) is 7.15. The molecule has 2 aromatic heterocycles. The van der Waals surface area contributed by atoms with Crippen LogP contribution in [-0.4, -0.2) is 45.7 Å². The normalized spacial score (nSPS) is 16.4. The molecule has 10 heteroatoms. The van der Waals surface area contributed by atoms with Crippen molar-refractivity contribution in [2.45, 2.75) is 38.6 Å². The van der Waals surface area contributed by atoms with Crippen LogP contribution in [0.25, 0.3) is 33.4 Å². The lowest BCUT2D eigenvalue weighted by atomic mass is 9.90. The number of nitrogens with zero attached hydrogens (tertiary/aromatic N) is 3. The number of carbonyl (C=O) groups excluding carboxylic acids is 2. The Morgan fingerprint density at radius 3 is 2.50 bits per heavy atom. The first kappa shape index (κ1) is 27.0. The zero-order chi connectivity index (χ0) is 28.6. The maximum atomic E-state index is 13.3. The summed E-state index contributed by atoms with van der Waals surface area (Å²) in [5.74, 6) is -0.185. The topological polar surface area (TPSA) is 124 Å². The lowest BCUT2D eigenvalue weighted by molar-refractivity contribution is -0.112. The Morgan fingerprint density at radius 2 is 1.85 bits per heavy atom. The molecule has 206 valence electrons. The molecule has 4 aromatic rings. The van der Waals surface area contributed by atoms with Crippen molar-refractivity contribution in [3.05, 3.63) is 72.1 Å². The highest BCUT2D eigenvalue weighted by Gasteiger charge is 2.31. The Bertz CT molecular complexity index is 1620. The van der Waals surface area contributed by atoms with Crippen molar-refractivity contribution in [2.24, 2.45) is 7.05 Å². The number of alkyl halides is 1. The van der Waals surface area contributed by atoms with Gasteiger partial charge in [-0.2, -0.15) is 0 Å². The van der Waals surface area contributed by atoms with Gasteiger partial charge in [0, 0.05) is 42.6 Å². The molecule has 1 aliphatic rings. The van der Waals surface area contributed by atoms with E-state index >= 15 is 0 Å². The minimum absolute atomic E-state index is 0.165. The highest BCUT2D eigenvalue weighted by molar-refractivity contribution is 6.08. The molecule has 0 aliphatic heterocycles. The largest absolute Gasteiger partial charge is 0.383 e. The maximum Gasteiger partial charge on any atom is 0.251 e. The number of ether oxygens (including phenoxy) is 1. The highest BCUT2D eigenvalue weighted by Crippen LogP contribution is 2.42. The van der Waals surface area contributed by atoms with Crippen LogP contribution in [0.4, 0.5) is 15.9 Å². The molecule has 0 unspecified atom stereocenters. The van der Waals surface area contributed by atoms with E-state index in [9.17, 15) is 14.0 Å². The molecule has 2 amide bonds. The summed E-state index contributed by atoms with van der Waals surface area (Å²) in [6.07, 6.45) is 1.23. The molecule has 0 saturated heterocycles. The number of carbonyl (C=O) groups is 2. The summed E-state index contributed by atoms with van der Waals surface area (Å²) >= 11 is 0. The van der Waals surface area contributed by atoms with E-state index in [-0.39, 0.29) is 24.5 Å². The number of methoxy groups -OCH3 is 1. The van der Waals surface area contributed by atoms with Crippen molar-refractivity contribution in [3.8, 4) is 22.4 Å². The molecule has 4 N–H and O–H groups in total. The number of hydrogen-bond acceptors (Lipinski definition) is 6. The Labute approximate surface area is 231 Å². The van der Waals surface area contributed by atoms with Gasteiger partial charge in [0.05, 0.1) is 17.7 Å². The fourth-order valence-corrected chi connectivity index (χ4v) is 5.02. The van der Waals surface area contributed by atoms with Gasteiger partial charge in [-0.25, -0.2) is 14.4 Å². The third-order valence-corrected chi connectivity index (χ3v) is 7.15. The van der Waals surface area contributed by atoms with Crippen LogP contribution in [0.5, 0.6) is 0 Å². The van der Waals surface area contributed by atoms with Gasteiger partial charge >= 0.3 is 0 Å². The molecule has 2 aromatic carbocycles. The number of aromatic nitrogens is 3. The number of aryl methyl sites for hydroxylation is 1.